The Morgan fingerprint density at radius 1 is 0.478 bits per heavy atom. The molecule has 0 aliphatic rings. The second kappa shape index (κ2) is 8.04. The van der Waals surface area contributed by atoms with Gasteiger partial charge in [0.15, 0.2) is 0 Å². The van der Waals surface area contributed by atoms with Crippen LogP contribution in [0.4, 0.5) is 0 Å². The van der Waals surface area contributed by atoms with E-state index >= 15 is 0 Å². The molecule has 0 spiro atoms. The monoisotopic (exact) mass is 304 g/mol. The maximum atomic E-state index is 5.61. The number of hydrogen-bond acceptors (Lipinski definition) is 2. The van der Waals surface area contributed by atoms with E-state index in [4.69, 9.17) is 9.47 Å². The third-order valence-corrected chi connectivity index (χ3v) is 3.66. The molecule has 0 aliphatic carbocycles. The molecule has 0 unspecified atom stereocenters. The van der Waals surface area contributed by atoms with Crippen LogP contribution in [0, 0.1) is 0 Å². The van der Waals surface area contributed by atoms with Crippen molar-refractivity contribution in [1.29, 1.82) is 0 Å². The molecule has 2 nitrogen and oxygen atoms in total. The molecule has 0 atom stereocenters. The number of aryl methyl sites for hydroxylation is 2. The van der Waals surface area contributed by atoms with Gasteiger partial charge < -0.3 is 9.47 Å². The minimum atomic E-state index is 0.216. The van der Waals surface area contributed by atoms with Gasteiger partial charge in [-0.1, -0.05) is 60.7 Å². The summed E-state index contributed by atoms with van der Waals surface area (Å²) >= 11 is 0. The van der Waals surface area contributed by atoms with E-state index < -0.39 is 0 Å². The van der Waals surface area contributed by atoms with Crippen molar-refractivity contribution in [2.75, 3.05) is 6.79 Å². The molecule has 3 rings (SSSR count). The van der Waals surface area contributed by atoms with Crippen LogP contribution in [0.25, 0.3) is 0 Å². The molecule has 116 valence electrons. The molecule has 0 aromatic heterocycles. The smallest absolute Gasteiger partial charge is 0.230 e. The van der Waals surface area contributed by atoms with Gasteiger partial charge in [0.25, 0.3) is 0 Å². The Morgan fingerprint density at radius 2 is 0.957 bits per heavy atom. The fourth-order valence-electron chi connectivity index (χ4n) is 2.37. The minimum Gasteiger partial charge on any atom is -0.458 e. The maximum Gasteiger partial charge on any atom is 0.230 e. The van der Waals surface area contributed by atoms with Crippen molar-refractivity contribution in [2.24, 2.45) is 0 Å². The van der Waals surface area contributed by atoms with E-state index in [1.807, 2.05) is 48.5 Å². The zero-order chi connectivity index (χ0) is 15.7. The lowest BCUT2D eigenvalue weighted by Gasteiger charge is -2.09. The Bertz CT molecular complexity index is 691. The quantitative estimate of drug-likeness (QED) is 0.579. The van der Waals surface area contributed by atoms with E-state index in [1.165, 1.54) is 11.1 Å². The van der Waals surface area contributed by atoms with Gasteiger partial charge in [-0.25, -0.2) is 0 Å². The van der Waals surface area contributed by atoms with Crippen molar-refractivity contribution >= 4 is 0 Å². The van der Waals surface area contributed by atoms with Crippen LogP contribution in [0.1, 0.15) is 11.1 Å². The van der Waals surface area contributed by atoms with E-state index in [9.17, 15) is 0 Å². The predicted octanol–water partition coefficient (Wildman–Crippen LogP) is 4.89. The SMILES string of the molecule is c1ccc(CCc2ccc(OCOc3ccccc3)cc2)cc1. The van der Waals surface area contributed by atoms with Gasteiger partial charge in [-0.3, -0.25) is 0 Å². The summed E-state index contributed by atoms with van der Waals surface area (Å²) in [6, 6.07) is 28.4. The van der Waals surface area contributed by atoms with Gasteiger partial charge in [0, 0.05) is 0 Å². The molecule has 0 radical (unpaired) electrons. The summed E-state index contributed by atoms with van der Waals surface area (Å²) in [7, 11) is 0. The number of para-hydroxylation sites is 1. The van der Waals surface area contributed by atoms with Crippen LogP contribution in [0.15, 0.2) is 84.9 Å². The van der Waals surface area contributed by atoms with Crippen LogP contribution < -0.4 is 9.47 Å². The minimum absolute atomic E-state index is 0.216. The van der Waals surface area contributed by atoms with E-state index in [2.05, 4.69) is 36.4 Å². The Labute approximate surface area is 137 Å². The Morgan fingerprint density at radius 3 is 1.57 bits per heavy atom. The number of benzene rings is 3. The third-order valence-electron chi connectivity index (χ3n) is 3.66. The average molecular weight is 304 g/mol. The molecule has 0 saturated carbocycles. The maximum absolute atomic E-state index is 5.61. The normalized spacial score (nSPS) is 10.3. The summed E-state index contributed by atoms with van der Waals surface area (Å²) in [5.74, 6) is 1.64. The van der Waals surface area contributed by atoms with E-state index in [0.29, 0.717) is 0 Å². The van der Waals surface area contributed by atoms with Crippen LogP contribution in [-0.2, 0) is 12.8 Å². The molecule has 3 aromatic rings. The first kappa shape index (κ1) is 15.2. The molecule has 0 aliphatic heterocycles. The first-order valence-electron chi connectivity index (χ1n) is 7.84. The highest BCUT2D eigenvalue weighted by molar-refractivity contribution is 5.28. The zero-order valence-corrected chi connectivity index (χ0v) is 13.0. The van der Waals surface area contributed by atoms with Crippen molar-refractivity contribution in [3.63, 3.8) is 0 Å². The highest BCUT2D eigenvalue weighted by Crippen LogP contribution is 2.15. The van der Waals surface area contributed by atoms with E-state index in [1.54, 1.807) is 0 Å². The number of hydrogen-bond donors (Lipinski definition) is 0. The van der Waals surface area contributed by atoms with Crippen LogP contribution in [0.5, 0.6) is 11.5 Å². The summed E-state index contributed by atoms with van der Waals surface area (Å²) in [5, 5.41) is 0. The number of ether oxygens (including phenoxy) is 2. The van der Waals surface area contributed by atoms with Gasteiger partial charge in [0.1, 0.15) is 11.5 Å². The molecular formula is C21H20O2. The zero-order valence-electron chi connectivity index (χ0n) is 13.0. The third kappa shape index (κ3) is 4.89. The second-order valence-electron chi connectivity index (χ2n) is 5.35. The van der Waals surface area contributed by atoms with Crippen molar-refractivity contribution in [1.82, 2.24) is 0 Å². The van der Waals surface area contributed by atoms with Gasteiger partial charge in [0.2, 0.25) is 6.79 Å². The molecule has 0 N–H and O–H groups in total. The van der Waals surface area contributed by atoms with Crippen LogP contribution in [0.3, 0.4) is 0 Å². The van der Waals surface area contributed by atoms with Crippen molar-refractivity contribution in [2.45, 2.75) is 12.8 Å². The highest BCUT2D eigenvalue weighted by Gasteiger charge is 1.98. The molecule has 0 heterocycles. The molecule has 0 saturated heterocycles. The molecule has 3 aromatic carbocycles. The highest BCUT2D eigenvalue weighted by atomic mass is 16.7. The largest absolute Gasteiger partial charge is 0.458 e. The average Bonchev–Trinajstić information content (AvgIpc) is 2.63. The first-order valence-corrected chi connectivity index (χ1v) is 7.84. The first-order chi connectivity index (χ1) is 11.4. The lowest BCUT2D eigenvalue weighted by atomic mass is 10.0. The summed E-state index contributed by atoms with van der Waals surface area (Å²) in [5.41, 5.74) is 2.68. The van der Waals surface area contributed by atoms with E-state index in [-0.39, 0.29) is 6.79 Å². The van der Waals surface area contributed by atoms with Crippen molar-refractivity contribution < 1.29 is 9.47 Å². The van der Waals surface area contributed by atoms with Crippen LogP contribution in [0.2, 0.25) is 0 Å². The summed E-state index contributed by atoms with van der Waals surface area (Å²) < 4.78 is 11.1. The molecule has 0 bridgehead atoms. The van der Waals surface area contributed by atoms with Gasteiger partial charge in [-0.15, -0.1) is 0 Å². The van der Waals surface area contributed by atoms with Crippen molar-refractivity contribution in [3.8, 4) is 11.5 Å². The Kier molecular flexibility index (Phi) is 5.30. The van der Waals surface area contributed by atoms with Gasteiger partial charge >= 0.3 is 0 Å². The molecular weight excluding hydrogens is 284 g/mol. The molecule has 23 heavy (non-hydrogen) atoms. The second-order valence-corrected chi connectivity index (χ2v) is 5.35. The molecule has 0 amide bonds. The fourth-order valence-corrected chi connectivity index (χ4v) is 2.37. The lowest BCUT2D eigenvalue weighted by Crippen LogP contribution is -2.05. The Hall–Kier alpha value is -2.74. The molecule has 2 heteroatoms. The van der Waals surface area contributed by atoms with Gasteiger partial charge in [-0.05, 0) is 48.2 Å². The molecule has 0 fully saturated rings. The number of rotatable bonds is 7. The van der Waals surface area contributed by atoms with E-state index in [0.717, 1.165) is 24.3 Å². The fraction of sp³-hybridized carbons (Fsp3) is 0.143. The predicted molar refractivity (Wildman–Crippen MR) is 92.9 cm³/mol. The topological polar surface area (TPSA) is 18.5 Å². The van der Waals surface area contributed by atoms with Gasteiger partial charge in [0.05, 0.1) is 0 Å². The summed E-state index contributed by atoms with van der Waals surface area (Å²) in [4.78, 5) is 0. The van der Waals surface area contributed by atoms with Crippen LogP contribution >= 0.6 is 0 Å². The summed E-state index contributed by atoms with van der Waals surface area (Å²) in [6.45, 7) is 0.216. The standard InChI is InChI=1S/C21H20O2/c1-3-7-18(8-4-1)11-12-19-13-15-21(16-14-19)23-17-22-20-9-5-2-6-10-20/h1-10,13-16H,11-12,17H2. The Balaban J connectivity index is 1.45. The lowest BCUT2D eigenvalue weighted by molar-refractivity contribution is 0.120. The van der Waals surface area contributed by atoms with Crippen molar-refractivity contribution in [3.05, 3.63) is 96.1 Å². The van der Waals surface area contributed by atoms with Crippen LogP contribution in [-0.4, -0.2) is 6.79 Å². The van der Waals surface area contributed by atoms with Gasteiger partial charge in [-0.2, -0.15) is 0 Å². The summed E-state index contributed by atoms with van der Waals surface area (Å²) in [6.07, 6.45) is 2.09.